The Hall–Kier alpha value is -3.09. The summed E-state index contributed by atoms with van der Waals surface area (Å²) in [6.45, 7) is 3.32. The van der Waals surface area contributed by atoms with Gasteiger partial charge in [-0.25, -0.2) is 9.37 Å². The SMILES string of the molecule is NC/C(=C\F)CN1CN(Cc2ccc(C#Cc3cnc4c(c3)OCCN4)s2)C=N1. The maximum atomic E-state index is 12.7. The number of nitrogens with two attached hydrogens (primary N) is 1. The fourth-order valence-corrected chi connectivity index (χ4v) is 3.83. The Labute approximate surface area is 172 Å². The molecule has 0 saturated heterocycles. The minimum absolute atomic E-state index is 0.192. The Morgan fingerprint density at radius 3 is 3.21 bits per heavy atom. The molecule has 2 aromatic heterocycles. The maximum absolute atomic E-state index is 12.7. The van der Waals surface area contributed by atoms with E-state index in [0.717, 1.165) is 35.1 Å². The quantitative estimate of drug-likeness (QED) is 0.733. The Morgan fingerprint density at radius 1 is 1.41 bits per heavy atom. The molecule has 4 heterocycles. The van der Waals surface area contributed by atoms with Crippen LogP contribution in [0.5, 0.6) is 5.75 Å². The van der Waals surface area contributed by atoms with Gasteiger partial charge in [0, 0.05) is 29.2 Å². The molecule has 0 unspecified atom stereocenters. The van der Waals surface area contributed by atoms with Crippen LogP contribution in [-0.4, -0.2) is 54.1 Å². The molecule has 0 amide bonds. The topological polar surface area (TPSA) is 79.0 Å². The molecule has 0 spiro atoms. The van der Waals surface area contributed by atoms with Crippen LogP contribution in [0.1, 0.15) is 15.3 Å². The second-order valence-electron chi connectivity index (χ2n) is 6.62. The Kier molecular flexibility index (Phi) is 5.93. The number of ether oxygens (including phenoxy) is 1. The van der Waals surface area contributed by atoms with Crippen molar-refractivity contribution >= 4 is 23.5 Å². The molecule has 0 saturated carbocycles. The lowest BCUT2D eigenvalue weighted by molar-refractivity contribution is 0.247. The van der Waals surface area contributed by atoms with Gasteiger partial charge in [0.25, 0.3) is 0 Å². The summed E-state index contributed by atoms with van der Waals surface area (Å²) in [6, 6.07) is 5.99. The molecule has 0 bridgehead atoms. The molecule has 0 radical (unpaired) electrons. The van der Waals surface area contributed by atoms with E-state index in [0.29, 0.717) is 31.7 Å². The van der Waals surface area contributed by atoms with Crippen LogP contribution in [0.2, 0.25) is 0 Å². The lowest BCUT2D eigenvalue weighted by Gasteiger charge is -2.18. The van der Waals surface area contributed by atoms with Gasteiger partial charge in [0.15, 0.2) is 11.6 Å². The molecule has 2 aliphatic rings. The number of thiophene rings is 1. The predicted molar refractivity (Wildman–Crippen MR) is 112 cm³/mol. The van der Waals surface area contributed by atoms with E-state index in [4.69, 9.17) is 10.5 Å². The fraction of sp³-hybridized carbons (Fsp3) is 0.300. The smallest absolute Gasteiger partial charge is 0.168 e. The zero-order valence-electron chi connectivity index (χ0n) is 15.8. The standard InChI is InChI=1S/C20H21FN6OS/c21-8-16(9-22)11-27-14-26(13-25-27)12-18-4-3-17(29-18)2-1-15-7-19-20(24-10-15)23-5-6-28-19/h3-4,7-8,10,13H,5-6,9,11-12,14,22H2,(H,23,24)/b16-8+. The van der Waals surface area contributed by atoms with Gasteiger partial charge in [0.1, 0.15) is 19.6 Å². The number of rotatable bonds is 5. The molecule has 2 aromatic rings. The van der Waals surface area contributed by atoms with Crippen molar-refractivity contribution in [3.05, 3.63) is 51.6 Å². The highest BCUT2D eigenvalue weighted by molar-refractivity contribution is 7.12. The Balaban J connectivity index is 1.34. The number of hydrogen-bond acceptors (Lipinski definition) is 8. The summed E-state index contributed by atoms with van der Waals surface area (Å²) in [5.41, 5.74) is 6.85. The molecule has 150 valence electrons. The maximum Gasteiger partial charge on any atom is 0.168 e. The number of hydrazone groups is 1. The molecule has 2 aliphatic heterocycles. The number of aromatic nitrogens is 1. The van der Waals surface area contributed by atoms with Crippen molar-refractivity contribution in [2.24, 2.45) is 10.8 Å². The largest absolute Gasteiger partial charge is 0.488 e. The van der Waals surface area contributed by atoms with E-state index in [1.807, 2.05) is 12.1 Å². The molecular formula is C20H21FN6OS. The lowest BCUT2D eigenvalue weighted by Crippen LogP contribution is -2.28. The van der Waals surface area contributed by atoms with E-state index in [9.17, 15) is 4.39 Å². The van der Waals surface area contributed by atoms with E-state index in [1.54, 1.807) is 28.9 Å². The second kappa shape index (κ2) is 8.94. The third-order valence-corrected chi connectivity index (χ3v) is 5.37. The van der Waals surface area contributed by atoms with Crippen molar-refractivity contribution < 1.29 is 9.13 Å². The first-order valence-corrected chi connectivity index (χ1v) is 10.0. The first-order chi connectivity index (χ1) is 14.2. The summed E-state index contributed by atoms with van der Waals surface area (Å²) in [6.07, 6.45) is 4.08. The van der Waals surface area contributed by atoms with Crippen LogP contribution in [0.15, 0.2) is 41.4 Å². The Morgan fingerprint density at radius 2 is 2.34 bits per heavy atom. The van der Waals surface area contributed by atoms with E-state index < -0.39 is 0 Å². The molecule has 3 N–H and O–H groups in total. The molecule has 0 atom stereocenters. The highest BCUT2D eigenvalue weighted by Gasteiger charge is 2.16. The van der Waals surface area contributed by atoms with Crippen LogP contribution >= 0.6 is 11.3 Å². The zero-order valence-corrected chi connectivity index (χ0v) is 16.6. The number of nitrogens with one attached hydrogen (secondary N) is 1. The predicted octanol–water partition coefficient (Wildman–Crippen LogP) is 2.18. The summed E-state index contributed by atoms with van der Waals surface area (Å²) >= 11 is 1.64. The van der Waals surface area contributed by atoms with Crippen molar-refractivity contribution in [1.82, 2.24) is 14.9 Å². The van der Waals surface area contributed by atoms with Gasteiger partial charge in [0.05, 0.1) is 30.8 Å². The minimum atomic E-state index is 0.192. The van der Waals surface area contributed by atoms with Crippen molar-refractivity contribution in [1.29, 1.82) is 0 Å². The first-order valence-electron chi connectivity index (χ1n) is 9.22. The number of pyridine rings is 1. The molecular weight excluding hydrogens is 391 g/mol. The normalized spacial score (nSPS) is 15.4. The van der Waals surface area contributed by atoms with Gasteiger partial charge in [-0.05, 0) is 17.7 Å². The van der Waals surface area contributed by atoms with Gasteiger partial charge in [-0.2, -0.15) is 5.10 Å². The van der Waals surface area contributed by atoms with Crippen LogP contribution in [0.4, 0.5) is 10.2 Å². The summed E-state index contributed by atoms with van der Waals surface area (Å²) in [5, 5.41) is 9.27. The van der Waals surface area contributed by atoms with Crippen LogP contribution < -0.4 is 15.8 Å². The van der Waals surface area contributed by atoms with Crippen LogP contribution in [0.25, 0.3) is 0 Å². The molecule has 0 aliphatic carbocycles. The third kappa shape index (κ3) is 4.85. The average molecular weight is 412 g/mol. The summed E-state index contributed by atoms with van der Waals surface area (Å²) in [7, 11) is 0. The molecule has 29 heavy (non-hydrogen) atoms. The highest BCUT2D eigenvalue weighted by atomic mass is 32.1. The first kappa shape index (κ1) is 19.2. The number of fused-ring (bicyclic) bond motifs is 1. The van der Waals surface area contributed by atoms with Crippen molar-refractivity contribution in [3.8, 4) is 17.6 Å². The van der Waals surface area contributed by atoms with Gasteiger partial charge >= 0.3 is 0 Å². The molecule has 9 heteroatoms. The van der Waals surface area contributed by atoms with E-state index in [2.05, 4.69) is 38.2 Å². The van der Waals surface area contributed by atoms with Crippen molar-refractivity contribution in [2.75, 3.05) is 38.2 Å². The van der Waals surface area contributed by atoms with Gasteiger partial charge < -0.3 is 20.7 Å². The monoisotopic (exact) mass is 412 g/mol. The van der Waals surface area contributed by atoms with Gasteiger partial charge in [0.2, 0.25) is 0 Å². The van der Waals surface area contributed by atoms with Gasteiger partial charge in [-0.3, -0.25) is 5.01 Å². The molecule has 7 nitrogen and oxygen atoms in total. The minimum Gasteiger partial charge on any atom is -0.488 e. The number of nitrogens with zero attached hydrogens (tertiary/aromatic N) is 4. The molecule has 0 fully saturated rings. The average Bonchev–Trinajstić information content (AvgIpc) is 3.40. The summed E-state index contributed by atoms with van der Waals surface area (Å²) in [4.78, 5) is 8.57. The van der Waals surface area contributed by atoms with Crippen LogP contribution in [0.3, 0.4) is 0 Å². The van der Waals surface area contributed by atoms with E-state index >= 15 is 0 Å². The lowest BCUT2D eigenvalue weighted by atomic mass is 10.2. The summed E-state index contributed by atoms with van der Waals surface area (Å²) in [5.74, 6) is 7.85. The summed E-state index contributed by atoms with van der Waals surface area (Å²) < 4.78 is 18.3. The Bertz CT molecular complexity index is 992. The van der Waals surface area contributed by atoms with Crippen molar-refractivity contribution in [2.45, 2.75) is 6.54 Å². The highest BCUT2D eigenvalue weighted by Crippen LogP contribution is 2.25. The van der Waals surface area contributed by atoms with E-state index in [1.165, 1.54) is 4.88 Å². The third-order valence-electron chi connectivity index (χ3n) is 4.38. The number of anilines is 1. The zero-order chi connectivity index (χ0) is 20.1. The molecule has 4 rings (SSSR count). The number of hydrogen-bond donors (Lipinski definition) is 2. The fourth-order valence-electron chi connectivity index (χ4n) is 2.94. The van der Waals surface area contributed by atoms with Gasteiger partial charge in [-0.1, -0.05) is 11.8 Å². The van der Waals surface area contributed by atoms with Crippen molar-refractivity contribution in [3.63, 3.8) is 0 Å². The van der Waals surface area contributed by atoms with Crippen LogP contribution in [-0.2, 0) is 6.54 Å². The van der Waals surface area contributed by atoms with Gasteiger partial charge in [-0.15, -0.1) is 11.3 Å². The van der Waals surface area contributed by atoms with Crippen LogP contribution in [0, 0.1) is 11.8 Å². The second-order valence-corrected chi connectivity index (χ2v) is 7.79. The number of halogens is 1. The van der Waals surface area contributed by atoms with E-state index in [-0.39, 0.29) is 6.54 Å². The molecule has 0 aromatic carbocycles.